The quantitative estimate of drug-likeness (QED) is 0.629. The van der Waals surface area contributed by atoms with E-state index >= 15 is 0 Å². The molecule has 0 saturated carbocycles. The SMILES string of the molecule is c1ccc(COc2ccc([C@@H]3CCCN3Cc3ccccc3)cn2)cc1. The molecule has 1 aromatic heterocycles. The van der Waals surface area contributed by atoms with Crippen molar-refractivity contribution in [1.29, 1.82) is 0 Å². The van der Waals surface area contributed by atoms with Gasteiger partial charge in [0.1, 0.15) is 6.61 Å². The highest BCUT2D eigenvalue weighted by atomic mass is 16.5. The summed E-state index contributed by atoms with van der Waals surface area (Å²) < 4.78 is 5.81. The summed E-state index contributed by atoms with van der Waals surface area (Å²) in [6, 6.07) is 25.5. The molecule has 1 aliphatic rings. The van der Waals surface area contributed by atoms with Crippen molar-refractivity contribution in [2.75, 3.05) is 6.54 Å². The van der Waals surface area contributed by atoms with Crippen LogP contribution in [0.25, 0.3) is 0 Å². The summed E-state index contributed by atoms with van der Waals surface area (Å²) in [4.78, 5) is 7.08. The van der Waals surface area contributed by atoms with Crippen LogP contribution in [-0.2, 0) is 13.2 Å². The van der Waals surface area contributed by atoms with E-state index < -0.39 is 0 Å². The molecule has 26 heavy (non-hydrogen) atoms. The Hall–Kier alpha value is -2.65. The number of ether oxygens (including phenoxy) is 1. The molecule has 0 spiro atoms. The number of hydrogen-bond acceptors (Lipinski definition) is 3. The zero-order valence-electron chi connectivity index (χ0n) is 14.9. The smallest absolute Gasteiger partial charge is 0.213 e. The van der Waals surface area contributed by atoms with Gasteiger partial charge >= 0.3 is 0 Å². The predicted molar refractivity (Wildman–Crippen MR) is 104 cm³/mol. The third kappa shape index (κ3) is 4.12. The normalized spacial score (nSPS) is 17.3. The van der Waals surface area contributed by atoms with Gasteiger partial charge in [-0.15, -0.1) is 0 Å². The van der Waals surface area contributed by atoms with Gasteiger partial charge < -0.3 is 4.74 Å². The second-order valence-corrected chi connectivity index (χ2v) is 6.82. The van der Waals surface area contributed by atoms with Crippen molar-refractivity contribution in [3.8, 4) is 5.88 Å². The fraction of sp³-hybridized carbons (Fsp3) is 0.261. The highest BCUT2D eigenvalue weighted by Crippen LogP contribution is 2.33. The predicted octanol–water partition coefficient (Wildman–Crippen LogP) is 5.00. The van der Waals surface area contributed by atoms with E-state index in [2.05, 4.69) is 58.4 Å². The Morgan fingerprint density at radius 3 is 2.31 bits per heavy atom. The maximum Gasteiger partial charge on any atom is 0.213 e. The first-order valence-electron chi connectivity index (χ1n) is 9.29. The Kier molecular flexibility index (Phi) is 5.27. The summed E-state index contributed by atoms with van der Waals surface area (Å²) in [5.74, 6) is 0.685. The van der Waals surface area contributed by atoms with Gasteiger partial charge in [-0.25, -0.2) is 4.98 Å². The molecule has 3 aromatic rings. The summed E-state index contributed by atoms with van der Waals surface area (Å²) in [5, 5.41) is 0. The van der Waals surface area contributed by atoms with E-state index in [1.165, 1.54) is 24.0 Å². The van der Waals surface area contributed by atoms with Crippen LogP contribution in [-0.4, -0.2) is 16.4 Å². The molecule has 3 heteroatoms. The van der Waals surface area contributed by atoms with Crippen molar-refractivity contribution in [1.82, 2.24) is 9.88 Å². The second kappa shape index (κ2) is 8.15. The van der Waals surface area contributed by atoms with Gasteiger partial charge in [0.05, 0.1) is 0 Å². The average molecular weight is 344 g/mol. The van der Waals surface area contributed by atoms with Gasteiger partial charge in [0.15, 0.2) is 0 Å². The van der Waals surface area contributed by atoms with Gasteiger partial charge in [0.25, 0.3) is 0 Å². The molecule has 0 aliphatic carbocycles. The van der Waals surface area contributed by atoms with E-state index in [-0.39, 0.29) is 0 Å². The number of nitrogens with zero attached hydrogens (tertiary/aromatic N) is 2. The molecule has 0 radical (unpaired) electrons. The van der Waals surface area contributed by atoms with Crippen molar-refractivity contribution < 1.29 is 4.74 Å². The third-order valence-corrected chi connectivity index (χ3v) is 4.97. The highest BCUT2D eigenvalue weighted by molar-refractivity contribution is 5.23. The van der Waals surface area contributed by atoms with Crippen LogP contribution in [0.5, 0.6) is 5.88 Å². The lowest BCUT2D eigenvalue weighted by molar-refractivity contribution is 0.247. The number of benzene rings is 2. The van der Waals surface area contributed by atoms with Crippen LogP contribution in [0.2, 0.25) is 0 Å². The van der Waals surface area contributed by atoms with Crippen molar-refractivity contribution in [2.24, 2.45) is 0 Å². The van der Waals surface area contributed by atoms with E-state index in [4.69, 9.17) is 4.74 Å². The summed E-state index contributed by atoms with van der Waals surface area (Å²) in [6.07, 6.45) is 4.41. The molecule has 0 N–H and O–H groups in total. The molecule has 1 saturated heterocycles. The Balaban J connectivity index is 1.39. The van der Waals surface area contributed by atoms with Crippen LogP contribution < -0.4 is 4.74 Å². The van der Waals surface area contributed by atoms with Crippen molar-refractivity contribution >= 4 is 0 Å². The van der Waals surface area contributed by atoms with Crippen molar-refractivity contribution in [3.05, 3.63) is 95.7 Å². The Labute approximate surface area is 155 Å². The molecule has 0 amide bonds. The van der Waals surface area contributed by atoms with Crippen LogP contribution in [0.15, 0.2) is 79.0 Å². The Bertz CT molecular complexity index is 803. The van der Waals surface area contributed by atoms with E-state index in [1.54, 1.807) is 0 Å². The molecule has 3 nitrogen and oxygen atoms in total. The minimum atomic E-state index is 0.450. The second-order valence-electron chi connectivity index (χ2n) is 6.82. The summed E-state index contributed by atoms with van der Waals surface area (Å²) in [7, 11) is 0. The lowest BCUT2D eigenvalue weighted by atomic mass is 10.1. The standard InChI is InChI=1S/C23H24N2O/c1-3-8-19(9-4-1)17-25-15-7-12-22(25)21-13-14-23(24-16-21)26-18-20-10-5-2-6-11-20/h1-6,8-11,13-14,16,22H,7,12,15,17-18H2/t22-/m0/s1. The van der Waals surface area contributed by atoms with E-state index in [0.717, 1.165) is 18.7 Å². The molecule has 4 rings (SSSR count). The fourth-order valence-electron chi connectivity index (χ4n) is 3.62. The number of likely N-dealkylation sites (tertiary alicyclic amines) is 1. The molecular formula is C23H24N2O. The summed E-state index contributed by atoms with van der Waals surface area (Å²) in [6.45, 7) is 2.69. The number of rotatable bonds is 6. The minimum absolute atomic E-state index is 0.450. The Morgan fingerprint density at radius 2 is 1.62 bits per heavy atom. The average Bonchev–Trinajstić information content (AvgIpc) is 3.16. The van der Waals surface area contributed by atoms with Crippen LogP contribution in [0.3, 0.4) is 0 Å². The molecule has 2 aromatic carbocycles. The van der Waals surface area contributed by atoms with Crippen LogP contribution in [0, 0.1) is 0 Å². The molecular weight excluding hydrogens is 320 g/mol. The van der Waals surface area contributed by atoms with Gasteiger partial charge in [0, 0.05) is 24.8 Å². The van der Waals surface area contributed by atoms with Crippen LogP contribution >= 0.6 is 0 Å². The third-order valence-electron chi connectivity index (χ3n) is 4.97. The van der Waals surface area contributed by atoms with Gasteiger partial charge in [-0.2, -0.15) is 0 Å². The largest absolute Gasteiger partial charge is 0.473 e. The topological polar surface area (TPSA) is 25.4 Å². The molecule has 132 valence electrons. The lowest BCUT2D eigenvalue weighted by Gasteiger charge is -2.24. The van der Waals surface area contributed by atoms with E-state index in [0.29, 0.717) is 18.5 Å². The molecule has 0 bridgehead atoms. The van der Waals surface area contributed by atoms with Crippen LogP contribution in [0.4, 0.5) is 0 Å². The van der Waals surface area contributed by atoms with Gasteiger partial charge in [-0.1, -0.05) is 66.7 Å². The first kappa shape index (κ1) is 16.8. The zero-order valence-corrected chi connectivity index (χ0v) is 14.9. The molecule has 1 atom stereocenters. The van der Waals surface area contributed by atoms with E-state index in [9.17, 15) is 0 Å². The number of hydrogen-bond donors (Lipinski definition) is 0. The first-order valence-corrected chi connectivity index (χ1v) is 9.29. The maximum absolute atomic E-state index is 5.81. The molecule has 1 fully saturated rings. The molecule has 0 unspecified atom stereocenters. The fourth-order valence-corrected chi connectivity index (χ4v) is 3.62. The van der Waals surface area contributed by atoms with Crippen molar-refractivity contribution in [2.45, 2.75) is 32.0 Å². The van der Waals surface area contributed by atoms with Gasteiger partial charge in [0.2, 0.25) is 5.88 Å². The minimum Gasteiger partial charge on any atom is -0.473 e. The van der Waals surface area contributed by atoms with Gasteiger partial charge in [-0.05, 0) is 36.1 Å². The zero-order chi connectivity index (χ0) is 17.6. The lowest BCUT2D eigenvalue weighted by Crippen LogP contribution is -2.22. The van der Waals surface area contributed by atoms with Gasteiger partial charge in [-0.3, -0.25) is 4.90 Å². The highest BCUT2D eigenvalue weighted by Gasteiger charge is 2.26. The summed E-state index contributed by atoms with van der Waals surface area (Å²) >= 11 is 0. The van der Waals surface area contributed by atoms with Crippen LogP contribution in [0.1, 0.15) is 35.6 Å². The molecule has 2 heterocycles. The van der Waals surface area contributed by atoms with E-state index in [1.807, 2.05) is 30.5 Å². The molecule has 1 aliphatic heterocycles. The first-order chi connectivity index (χ1) is 12.9. The monoisotopic (exact) mass is 344 g/mol. The maximum atomic E-state index is 5.81. The van der Waals surface area contributed by atoms with Crippen molar-refractivity contribution in [3.63, 3.8) is 0 Å². The summed E-state index contributed by atoms with van der Waals surface area (Å²) in [5.41, 5.74) is 3.81. The number of aromatic nitrogens is 1. The Morgan fingerprint density at radius 1 is 0.885 bits per heavy atom. The number of pyridine rings is 1.